The summed E-state index contributed by atoms with van der Waals surface area (Å²) in [4.78, 5) is 13.3. The Labute approximate surface area is 161 Å². The molecule has 1 amide bonds. The highest BCUT2D eigenvalue weighted by Crippen LogP contribution is 2.33. The number of carbonyl (C=O) groups excluding carboxylic acids is 1. The van der Waals surface area contributed by atoms with Crippen molar-refractivity contribution in [1.82, 2.24) is 14.6 Å². The molecule has 2 aromatic heterocycles. The Balaban J connectivity index is 1.74. The van der Waals surface area contributed by atoms with Crippen LogP contribution >= 0.6 is 11.6 Å². The fourth-order valence-corrected chi connectivity index (χ4v) is 4.46. The highest BCUT2D eigenvalue weighted by Gasteiger charge is 2.31. The van der Waals surface area contributed by atoms with E-state index < -0.39 is 9.84 Å². The van der Waals surface area contributed by atoms with E-state index in [1.807, 2.05) is 6.07 Å². The number of aromatic nitrogens is 2. The fraction of sp³-hybridized carbons (Fsp3) is 0.222. The highest BCUT2D eigenvalue weighted by molar-refractivity contribution is 7.90. The third-order valence-corrected chi connectivity index (χ3v) is 5.99. The molecule has 1 aliphatic rings. The predicted molar refractivity (Wildman–Crippen MR) is 103 cm³/mol. The molecule has 0 saturated carbocycles. The van der Waals surface area contributed by atoms with Crippen molar-refractivity contribution in [3.05, 3.63) is 58.9 Å². The normalized spacial score (nSPS) is 14.5. The van der Waals surface area contributed by atoms with Crippen LogP contribution in [-0.2, 0) is 16.3 Å². The van der Waals surface area contributed by atoms with Crippen LogP contribution < -0.4 is 5.01 Å². The van der Waals surface area contributed by atoms with Crippen molar-refractivity contribution in [1.29, 1.82) is 0 Å². The van der Waals surface area contributed by atoms with Gasteiger partial charge in [-0.2, -0.15) is 5.10 Å². The van der Waals surface area contributed by atoms with Crippen molar-refractivity contribution in [3.8, 4) is 0 Å². The Morgan fingerprint density at radius 2 is 2.00 bits per heavy atom. The number of nitrogens with zero attached hydrogens (tertiary/aromatic N) is 4. The number of rotatable bonds is 2. The zero-order chi connectivity index (χ0) is 19.3. The maximum absolute atomic E-state index is 13.1. The molecule has 0 fully saturated rings. The van der Waals surface area contributed by atoms with Crippen molar-refractivity contribution in [2.45, 2.75) is 11.3 Å². The Morgan fingerprint density at radius 3 is 2.74 bits per heavy atom. The highest BCUT2D eigenvalue weighted by atomic mass is 35.5. The first kappa shape index (κ1) is 17.8. The van der Waals surface area contributed by atoms with Gasteiger partial charge in [-0.1, -0.05) is 23.7 Å². The third-order valence-electron chi connectivity index (χ3n) is 4.64. The van der Waals surface area contributed by atoms with Gasteiger partial charge in [0.15, 0.2) is 15.5 Å². The number of amides is 1. The first-order valence-electron chi connectivity index (χ1n) is 8.28. The molecule has 1 aliphatic heterocycles. The van der Waals surface area contributed by atoms with Gasteiger partial charge in [0.2, 0.25) is 0 Å². The van der Waals surface area contributed by atoms with E-state index in [1.54, 1.807) is 53.1 Å². The summed E-state index contributed by atoms with van der Waals surface area (Å²) in [5.74, 6) is -0.300. The number of hydrogen-bond donors (Lipinski definition) is 0. The van der Waals surface area contributed by atoms with Crippen LogP contribution in [0.1, 0.15) is 16.1 Å². The van der Waals surface area contributed by atoms with Crippen LogP contribution in [0.15, 0.2) is 47.5 Å². The average molecular weight is 405 g/mol. The van der Waals surface area contributed by atoms with Gasteiger partial charge >= 0.3 is 0 Å². The van der Waals surface area contributed by atoms with Gasteiger partial charge in [-0.25, -0.2) is 17.9 Å². The predicted octanol–water partition coefficient (Wildman–Crippen LogP) is 2.44. The Morgan fingerprint density at radius 1 is 1.22 bits per heavy atom. The molecule has 140 valence electrons. The van der Waals surface area contributed by atoms with Gasteiger partial charge in [-0.3, -0.25) is 9.80 Å². The number of hydrazine groups is 1. The molecule has 0 spiro atoms. The lowest BCUT2D eigenvalue weighted by molar-refractivity contribution is 0.0731. The van der Waals surface area contributed by atoms with Crippen molar-refractivity contribution >= 4 is 38.5 Å². The number of sulfone groups is 1. The van der Waals surface area contributed by atoms with Crippen LogP contribution in [0.2, 0.25) is 5.02 Å². The number of pyridine rings is 1. The quantitative estimate of drug-likeness (QED) is 0.655. The standard InChI is InChI=1S/C18H17ClN4O3S/c1-21-17-12(4-3-5-16(17)27(2,25)26)8-9-23(21)18(24)15-10-14-7-6-13(19)11-22(14)20-15/h3-7,10-11H,8-9H2,1-2H3. The van der Waals surface area contributed by atoms with Gasteiger partial charge in [0.1, 0.15) is 0 Å². The van der Waals surface area contributed by atoms with Crippen LogP contribution in [-0.4, -0.2) is 48.8 Å². The summed E-state index contributed by atoms with van der Waals surface area (Å²) in [5, 5.41) is 7.95. The molecular formula is C18H17ClN4O3S. The summed E-state index contributed by atoms with van der Waals surface area (Å²) in [6.07, 6.45) is 3.36. The SMILES string of the molecule is CN1c2c(cccc2S(C)(=O)=O)CCN1C(=O)c1cc2ccc(Cl)cn2n1. The maximum atomic E-state index is 13.1. The molecule has 0 unspecified atom stereocenters. The summed E-state index contributed by atoms with van der Waals surface area (Å²) >= 11 is 5.97. The zero-order valence-corrected chi connectivity index (χ0v) is 16.3. The van der Waals surface area contributed by atoms with E-state index in [4.69, 9.17) is 11.6 Å². The number of halogens is 1. The minimum Gasteiger partial charge on any atom is -0.284 e. The minimum absolute atomic E-state index is 0.210. The lowest BCUT2D eigenvalue weighted by Gasteiger charge is -2.39. The second kappa shape index (κ2) is 6.24. The van der Waals surface area contributed by atoms with E-state index in [0.29, 0.717) is 23.7 Å². The first-order chi connectivity index (χ1) is 12.8. The molecule has 7 nitrogen and oxygen atoms in total. The zero-order valence-electron chi connectivity index (χ0n) is 14.8. The molecule has 9 heteroatoms. The van der Waals surface area contributed by atoms with Gasteiger partial charge in [0, 0.05) is 26.0 Å². The summed E-state index contributed by atoms with van der Waals surface area (Å²) in [7, 11) is -1.74. The van der Waals surface area contributed by atoms with Gasteiger partial charge in [-0.05, 0) is 36.2 Å². The molecule has 0 N–H and O–H groups in total. The van der Waals surface area contributed by atoms with Crippen LogP contribution in [0.25, 0.3) is 5.52 Å². The molecule has 3 aromatic rings. The molecule has 0 saturated heterocycles. The number of hydrogen-bond acceptors (Lipinski definition) is 5. The number of fused-ring (bicyclic) bond motifs is 2. The van der Waals surface area contributed by atoms with Crippen molar-refractivity contribution < 1.29 is 13.2 Å². The smallest absolute Gasteiger partial charge is 0.284 e. The summed E-state index contributed by atoms with van der Waals surface area (Å²) in [5.41, 5.74) is 2.45. The van der Waals surface area contributed by atoms with Crippen LogP contribution in [0.4, 0.5) is 5.69 Å². The Kier molecular flexibility index (Phi) is 4.12. The van der Waals surface area contributed by atoms with E-state index in [1.165, 1.54) is 11.3 Å². The van der Waals surface area contributed by atoms with Gasteiger partial charge in [0.05, 0.1) is 21.1 Å². The third kappa shape index (κ3) is 3.04. The Bertz CT molecular complexity index is 1170. The van der Waals surface area contributed by atoms with Gasteiger partial charge < -0.3 is 0 Å². The Hall–Kier alpha value is -2.58. The molecule has 0 atom stereocenters. The maximum Gasteiger partial charge on any atom is 0.292 e. The number of carbonyl (C=O) groups is 1. The summed E-state index contributed by atoms with van der Waals surface area (Å²) < 4.78 is 25.9. The summed E-state index contributed by atoms with van der Waals surface area (Å²) in [6, 6.07) is 10.4. The molecule has 27 heavy (non-hydrogen) atoms. The second-order valence-electron chi connectivity index (χ2n) is 6.48. The van der Waals surface area contributed by atoms with E-state index in [0.717, 1.165) is 11.1 Å². The molecule has 3 heterocycles. The van der Waals surface area contributed by atoms with Crippen LogP contribution in [0, 0.1) is 0 Å². The van der Waals surface area contributed by atoms with Crippen molar-refractivity contribution in [2.24, 2.45) is 0 Å². The second-order valence-corrected chi connectivity index (χ2v) is 8.90. The van der Waals surface area contributed by atoms with Gasteiger partial charge in [0.25, 0.3) is 5.91 Å². The molecule has 4 rings (SSSR count). The number of para-hydroxylation sites is 1. The van der Waals surface area contributed by atoms with E-state index >= 15 is 0 Å². The number of benzene rings is 1. The largest absolute Gasteiger partial charge is 0.292 e. The lowest BCUT2D eigenvalue weighted by atomic mass is 10.1. The van der Waals surface area contributed by atoms with Crippen LogP contribution in [0.5, 0.6) is 0 Å². The van der Waals surface area contributed by atoms with E-state index in [2.05, 4.69) is 5.10 Å². The molecule has 0 radical (unpaired) electrons. The molecular weight excluding hydrogens is 388 g/mol. The molecule has 0 aliphatic carbocycles. The van der Waals surface area contributed by atoms with Crippen LogP contribution in [0.3, 0.4) is 0 Å². The fourth-order valence-electron chi connectivity index (χ4n) is 3.37. The minimum atomic E-state index is -3.43. The van der Waals surface area contributed by atoms with E-state index in [-0.39, 0.29) is 16.5 Å². The molecule has 1 aromatic carbocycles. The summed E-state index contributed by atoms with van der Waals surface area (Å²) in [6.45, 7) is 0.435. The van der Waals surface area contributed by atoms with Crippen molar-refractivity contribution in [3.63, 3.8) is 0 Å². The van der Waals surface area contributed by atoms with Gasteiger partial charge in [-0.15, -0.1) is 0 Å². The first-order valence-corrected chi connectivity index (χ1v) is 10.5. The average Bonchev–Trinajstić information content (AvgIpc) is 3.03. The monoisotopic (exact) mass is 404 g/mol. The molecule has 0 bridgehead atoms. The topological polar surface area (TPSA) is 75.0 Å². The number of anilines is 1. The van der Waals surface area contributed by atoms with E-state index in [9.17, 15) is 13.2 Å². The van der Waals surface area contributed by atoms with Crippen molar-refractivity contribution in [2.75, 3.05) is 24.9 Å². The lowest BCUT2D eigenvalue weighted by Crippen LogP contribution is -2.49.